The summed E-state index contributed by atoms with van der Waals surface area (Å²) in [5, 5.41) is 7.48. The van der Waals surface area contributed by atoms with Crippen LogP contribution in [0.4, 0.5) is 17.3 Å². The largest absolute Gasteiger partial charge is 0.494 e. The SMILES string of the molecule is C=CC(=O)Nc1cc(Nc2ncc3cccc(-c4cncc(Cl)c4)c3n2)c(OC)cc1OC1CCN(C)C1. The van der Waals surface area contributed by atoms with E-state index in [0.29, 0.717) is 33.8 Å². The number of methoxy groups -OCH3 is 1. The highest BCUT2D eigenvalue weighted by Crippen LogP contribution is 2.39. The highest BCUT2D eigenvalue weighted by molar-refractivity contribution is 6.30. The highest BCUT2D eigenvalue weighted by atomic mass is 35.5. The lowest BCUT2D eigenvalue weighted by atomic mass is 10.0. The van der Waals surface area contributed by atoms with Crippen molar-refractivity contribution in [2.45, 2.75) is 12.5 Å². The fraction of sp³-hybridized carbons (Fsp3) is 0.214. The van der Waals surface area contributed by atoms with E-state index in [0.717, 1.165) is 41.5 Å². The Morgan fingerprint density at radius 1 is 1.18 bits per heavy atom. The molecule has 2 aromatic carbocycles. The van der Waals surface area contributed by atoms with Crippen LogP contribution >= 0.6 is 11.6 Å². The molecule has 0 spiro atoms. The van der Waals surface area contributed by atoms with Crippen LogP contribution in [0.15, 0.2) is 67.6 Å². The van der Waals surface area contributed by atoms with E-state index in [-0.39, 0.29) is 12.0 Å². The van der Waals surface area contributed by atoms with Gasteiger partial charge in [-0.2, -0.15) is 0 Å². The molecule has 10 heteroatoms. The molecule has 1 unspecified atom stereocenters. The number of carbonyl (C=O) groups is 1. The Labute approximate surface area is 225 Å². The van der Waals surface area contributed by atoms with Crippen molar-refractivity contribution in [2.75, 3.05) is 37.9 Å². The molecule has 3 heterocycles. The molecular weight excluding hydrogens is 504 g/mol. The van der Waals surface area contributed by atoms with Gasteiger partial charge in [-0.15, -0.1) is 0 Å². The first-order valence-electron chi connectivity index (χ1n) is 12.1. The number of hydrogen-bond donors (Lipinski definition) is 2. The van der Waals surface area contributed by atoms with Crippen LogP contribution in [0.2, 0.25) is 5.02 Å². The minimum absolute atomic E-state index is 0.00567. The molecule has 1 saturated heterocycles. The Morgan fingerprint density at radius 3 is 2.79 bits per heavy atom. The third-order valence-electron chi connectivity index (χ3n) is 6.26. The van der Waals surface area contributed by atoms with Crippen molar-refractivity contribution in [2.24, 2.45) is 0 Å². The molecule has 9 nitrogen and oxygen atoms in total. The molecule has 0 aliphatic carbocycles. The number of hydrogen-bond acceptors (Lipinski definition) is 8. The molecule has 1 aliphatic rings. The number of aromatic nitrogens is 3. The molecular formula is C28H27ClN6O3. The van der Waals surface area contributed by atoms with Gasteiger partial charge >= 0.3 is 0 Å². The van der Waals surface area contributed by atoms with Gasteiger partial charge in [-0.25, -0.2) is 9.97 Å². The third-order valence-corrected chi connectivity index (χ3v) is 6.47. The van der Waals surface area contributed by atoms with Gasteiger partial charge < -0.3 is 25.0 Å². The number of benzene rings is 2. The second kappa shape index (κ2) is 11.0. The number of rotatable bonds is 8. The molecule has 0 radical (unpaired) electrons. The Hall–Kier alpha value is -4.21. The first-order chi connectivity index (χ1) is 18.4. The zero-order valence-corrected chi connectivity index (χ0v) is 21.8. The Bertz CT molecular complexity index is 1510. The molecule has 38 heavy (non-hydrogen) atoms. The van der Waals surface area contributed by atoms with Crippen LogP contribution in [-0.4, -0.2) is 59.1 Å². The maximum atomic E-state index is 12.2. The number of anilines is 3. The molecule has 1 aliphatic heterocycles. The van der Waals surface area contributed by atoms with E-state index in [1.165, 1.54) is 6.08 Å². The van der Waals surface area contributed by atoms with Crippen LogP contribution < -0.4 is 20.1 Å². The maximum absolute atomic E-state index is 12.2. The van der Waals surface area contributed by atoms with Crippen molar-refractivity contribution in [3.63, 3.8) is 0 Å². The van der Waals surface area contributed by atoms with E-state index in [1.807, 2.05) is 24.3 Å². The number of para-hydroxylation sites is 1. The standard InChI is InChI=1S/C28H27ClN6O3/c1-4-26(36)32-23-11-22(24(37-3)12-25(23)38-20-8-9-35(2)16-20)33-28-31-14-17-6-5-7-21(27(17)34-28)18-10-19(29)15-30-13-18/h4-7,10-15,20H,1,8-9,16H2,2-3H3,(H,32,36)(H,31,33,34). The average molecular weight is 531 g/mol. The Balaban J connectivity index is 1.52. The minimum atomic E-state index is -0.351. The fourth-order valence-electron chi connectivity index (χ4n) is 4.41. The van der Waals surface area contributed by atoms with Crippen molar-refractivity contribution in [3.05, 3.63) is 72.7 Å². The summed E-state index contributed by atoms with van der Waals surface area (Å²) in [4.78, 5) is 27.9. The van der Waals surface area contributed by atoms with Crippen LogP contribution in [-0.2, 0) is 4.79 Å². The third kappa shape index (κ3) is 5.53. The molecule has 0 saturated carbocycles. The summed E-state index contributed by atoms with van der Waals surface area (Å²) in [6.07, 6.45) is 7.19. The number of fused-ring (bicyclic) bond motifs is 1. The monoisotopic (exact) mass is 530 g/mol. The summed E-state index contributed by atoms with van der Waals surface area (Å²) >= 11 is 6.18. The van der Waals surface area contributed by atoms with E-state index in [2.05, 4.69) is 39.1 Å². The lowest BCUT2D eigenvalue weighted by Gasteiger charge is -2.20. The van der Waals surface area contributed by atoms with Crippen LogP contribution in [0.5, 0.6) is 11.5 Å². The van der Waals surface area contributed by atoms with Gasteiger partial charge in [0.15, 0.2) is 0 Å². The zero-order valence-electron chi connectivity index (χ0n) is 21.1. The molecule has 2 aromatic heterocycles. The lowest BCUT2D eigenvalue weighted by Crippen LogP contribution is -2.22. The zero-order chi connectivity index (χ0) is 26.6. The number of nitrogens with one attached hydrogen (secondary N) is 2. The number of carbonyl (C=O) groups excluding carboxylic acids is 1. The van der Waals surface area contributed by atoms with Crippen molar-refractivity contribution in [1.29, 1.82) is 0 Å². The number of nitrogens with zero attached hydrogens (tertiary/aromatic N) is 4. The molecule has 1 fully saturated rings. The quantitative estimate of drug-likeness (QED) is 0.296. The predicted octanol–water partition coefficient (Wildman–Crippen LogP) is 5.30. The molecule has 1 amide bonds. The van der Waals surface area contributed by atoms with E-state index in [4.69, 9.17) is 26.1 Å². The number of likely N-dealkylation sites (N-methyl/N-ethyl adjacent to an activating group) is 1. The minimum Gasteiger partial charge on any atom is -0.494 e. The van der Waals surface area contributed by atoms with Gasteiger partial charge in [0.25, 0.3) is 0 Å². The summed E-state index contributed by atoms with van der Waals surface area (Å²) in [7, 11) is 3.62. The number of halogens is 1. The molecule has 0 bridgehead atoms. The molecule has 2 N–H and O–H groups in total. The topological polar surface area (TPSA) is 102 Å². The van der Waals surface area contributed by atoms with Crippen LogP contribution in [0.25, 0.3) is 22.0 Å². The van der Waals surface area contributed by atoms with Crippen molar-refractivity contribution in [1.82, 2.24) is 19.9 Å². The summed E-state index contributed by atoms with van der Waals surface area (Å²) in [5.74, 6) is 1.03. The lowest BCUT2D eigenvalue weighted by molar-refractivity contribution is -0.111. The van der Waals surface area contributed by atoms with Gasteiger partial charge in [0, 0.05) is 54.3 Å². The van der Waals surface area contributed by atoms with Crippen molar-refractivity contribution in [3.8, 4) is 22.6 Å². The average Bonchev–Trinajstić information content (AvgIpc) is 3.33. The van der Waals surface area contributed by atoms with Gasteiger partial charge in [-0.1, -0.05) is 36.4 Å². The van der Waals surface area contributed by atoms with Crippen LogP contribution in [0, 0.1) is 0 Å². The van der Waals surface area contributed by atoms with Gasteiger partial charge in [-0.05, 0) is 31.7 Å². The van der Waals surface area contributed by atoms with Crippen molar-refractivity contribution < 1.29 is 14.3 Å². The van der Waals surface area contributed by atoms with Gasteiger partial charge in [0.2, 0.25) is 11.9 Å². The molecule has 5 rings (SSSR count). The van der Waals surface area contributed by atoms with Crippen molar-refractivity contribution >= 4 is 45.7 Å². The smallest absolute Gasteiger partial charge is 0.247 e. The first-order valence-corrected chi connectivity index (χ1v) is 12.5. The molecule has 194 valence electrons. The van der Waals surface area contributed by atoms with Gasteiger partial charge in [0.1, 0.15) is 17.6 Å². The van der Waals surface area contributed by atoms with E-state index in [1.54, 1.807) is 37.8 Å². The Morgan fingerprint density at radius 2 is 2.05 bits per heavy atom. The number of pyridine rings is 1. The summed E-state index contributed by atoms with van der Waals surface area (Å²) in [6, 6.07) is 11.2. The van der Waals surface area contributed by atoms with E-state index < -0.39 is 0 Å². The fourth-order valence-corrected chi connectivity index (χ4v) is 4.58. The molecule has 1 atom stereocenters. The van der Waals surface area contributed by atoms with Crippen LogP contribution in [0.1, 0.15) is 6.42 Å². The second-order valence-corrected chi connectivity index (χ2v) is 9.42. The Kier molecular flexibility index (Phi) is 7.39. The van der Waals surface area contributed by atoms with Gasteiger partial charge in [0.05, 0.1) is 29.0 Å². The number of likely N-dealkylation sites (tertiary alicyclic amines) is 1. The first kappa shape index (κ1) is 25.4. The van der Waals surface area contributed by atoms with E-state index >= 15 is 0 Å². The maximum Gasteiger partial charge on any atom is 0.247 e. The second-order valence-electron chi connectivity index (χ2n) is 8.99. The normalized spacial score (nSPS) is 15.3. The van der Waals surface area contributed by atoms with Crippen LogP contribution in [0.3, 0.4) is 0 Å². The number of amides is 1. The predicted molar refractivity (Wildman–Crippen MR) is 149 cm³/mol. The van der Waals surface area contributed by atoms with Gasteiger partial charge in [-0.3, -0.25) is 9.78 Å². The molecule has 4 aromatic rings. The summed E-state index contributed by atoms with van der Waals surface area (Å²) in [6.45, 7) is 5.30. The number of ether oxygens (including phenoxy) is 2. The van der Waals surface area contributed by atoms with E-state index in [9.17, 15) is 4.79 Å². The summed E-state index contributed by atoms with van der Waals surface area (Å²) in [5.41, 5.74) is 3.50. The highest BCUT2D eigenvalue weighted by Gasteiger charge is 2.23. The summed E-state index contributed by atoms with van der Waals surface area (Å²) < 4.78 is 11.9.